The van der Waals surface area contributed by atoms with E-state index in [9.17, 15) is 18.0 Å². The highest BCUT2D eigenvalue weighted by atomic mass is 35.5. The van der Waals surface area contributed by atoms with Crippen LogP contribution in [0.2, 0.25) is 23.2 Å². The van der Waals surface area contributed by atoms with E-state index >= 15 is 0 Å². The summed E-state index contributed by atoms with van der Waals surface area (Å²) in [4.78, 5) is 27.1. The third-order valence-electron chi connectivity index (χ3n) is 6.64. The van der Waals surface area contributed by atoms with Crippen LogP contribution in [0.3, 0.4) is 0 Å². The van der Waals surface area contributed by atoms with E-state index in [4.69, 9.17) is 16.0 Å². The Labute approximate surface area is 201 Å². The number of hydrogen-bond acceptors (Lipinski definition) is 6. The van der Waals surface area contributed by atoms with E-state index in [0.717, 1.165) is 22.6 Å². The molecule has 176 valence electrons. The molecule has 0 fully saturated rings. The van der Waals surface area contributed by atoms with Crippen LogP contribution in [0.4, 0.5) is 0 Å². The van der Waals surface area contributed by atoms with Crippen molar-refractivity contribution in [2.75, 3.05) is 18.1 Å². The minimum absolute atomic E-state index is 0.0411. The second-order valence-corrected chi connectivity index (χ2v) is 18.3. The molecule has 0 saturated carbocycles. The van der Waals surface area contributed by atoms with Gasteiger partial charge in [-0.05, 0) is 55.1 Å². The minimum Gasteiger partial charge on any atom is -0.416 e. The number of rotatable bonds is 7. The molecule has 9 heteroatoms. The van der Waals surface area contributed by atoms with Crippen LogP contribution in [0.1, 0.15) is 56.0 Å². The molecule has 0 saturated heterocycles. The van der Waals surface area contributed by atoms with Gasteiger partial charge in [0.1, 0.15) is 0 Å². The minimum atomic E-state index is -3.82. The molecule has 1 aromatic carbocycles. The van der Waals surface area contributed by atoms with Gasteiger partial charge in [-0.1, -0.05) is 32.4 Å². The van der Waals surface area contributed by atoms with Gasteiger partial charge in [-0.3, -0.25) is 9.59 Å². The van der Waals surface area contributed by atoms with Crippen LogP contribution < -0.4 is 0 Å². The molecule has 1 aliphatic heterocycles. The molecule has 0 radical (unpaired) electrons. The van der Waals surface area contributed by atoms with Crippen molar-refractivity contribution in [3.8, 4) is 0 Å². The van der Waals surface area contributed by atoms with E-state index in [1.54, 1.807) is 17.8 Å². The number of carbonyl (C=O) groups is 2. The molecule has 0 bridgehead atoms. The van der Waals surface area contributed by atoms with Crippen molar-refractivity contribution in [1.29, 1.82) is 0 Å². The van der Waals surface area contributed by atoms with Gasteiger partial charge in [0.25, 0.3) is 0 Å². The van der Waals surface area contributed by atoms with E-state index in [2.05, 4.69) is 33.9 Å². The Morgan fingerprint density at radius 2 is 1.88 bits per heavy atom. The number of benzene rings is 1. The van der Waals surface area contributed by atoms with E-state index in [1.807, 2.05) is 6.07 Å². The second kappa shape index (κ2) is 9.37. The molecule has 1 aromatic rings. The Balaban J connectivity index is 1.92. The molecule has 1 heterocycles. The average Bonchev–Trinajstić information content (AvgIpc) is 3.16. The van der Waals surface area contributed by atoms with Crippen molar-refractivity contribution in [1.82, 2.24) is 0 Å². The van der Waals surface area contributed by atoms with Crippen LogP contribution in [-0.4, -0.2) is 46.4 Å². The standard InChI is InChI=1S/C23H31ClO5S2Si/c1-23(2,3)32(4,5)29-12-14-31(27,28)19-8-6-7-17(25)20(19)22(26)16-9-10-18-15(21(16)24)11-13-30-18/h9-10H,6-8,11-14H2,1-5H3. The number of thioether (sulfide) groups is 1. The van der Waals surface area contributed by atoms with Gasteiger partial charge in [0.15, 0.2) is 29.7 Å². The predicted molar refractivity (Wildman–Crippen MR) is 133 cm³/mol. The third kappa shape index (κ3) is 5.09. The number of halogens is 1. The number of carbonyl (C=O) groups excluding carboxylic acids is 2. The lowest BCUT2D eigenvalue weighted by Crippen LogP contribution is -2.42. The van der Waals surface area contributed by atoms with Gasteiger partial charge in [-0.15, -0.1) is 11.8 Å². The van der Waals surface area contributed by atoms with Gasteiger partial charge in [-0.25, -0.2) is 8.42 Å². The topological polar surface area (TPSA) is 77.5 Å². The maximum atomic E-state index is 13.4. The van der Waals surface area contributed by atoms with Crippen LogP contribution in [0.25, 0.3) is 0 Å². The summed E-state index contributed by atoms with van der Waals surface area (Å²) >= 11 is 8.20. The first-order chi connectivity index (χ1) is 14.8. The SMILES string of the molecule is CC(C)(C)[Si](C)(C)OCCS(=O)(=O)C1=C(C(=O)c2ccc3c(c2Cl)CCS3)C(=O)CCC1. The lowest BCUT2D eigenvalue weighted by Gasteiger charge is -2.36. The molecule has 5 nitrogen and oxygen atoms in total. The fraction of sp³-hybridized carbons (Fsp3) is 0.565. The molecule has 0 amide bonds. The van der Waals surface area contributed by atoms with Crippen molar-refractivity contribution in [2.24, 2.45) is 0 Å². The summed E-state index contributed by atoms with van der Waals surface area (Å²) < 4.78 is 32.5. The van der Waals surface area contributed by atoms with Crippen LogP contribution in [0.15, 0.2) is 27.5 Å². The molecule has 0 aromatic heterocycles. The molecule has 3 rings (SSSR count). The zero-order chi connectivity index (χ0) is 23.9. The summed E-state index contributed by atoms with van der Waals surface area (Å²) in [6.45, 7) is 10.4. The van der Waals surface area contributed by atoms with Gasteiger partial charge < -0.3 is 4.43 Å². The Morgan fingerprint density at radius 3 is 2.53 bits per heavy atom. The summed E-state index contributed by atoms with van der Waals surface area (Å²) in [5.74, 6) is -0.352. The number of hydrogen-bond donors (Lipinski definition) is 0. The fourth-order valence-corrected chi connectivity index (χ4v) is 7.86. The molecule has 0 spiro atoms. The molecular formula is C23H31ClO5S2Si. The zero-order valence-electron chi connectivity index (χ0n) is 19.3. The largest absolute Gasteiger partial charge is 0.416 e. The smallest absolute Gasteiger partial charge is 0.199 e. The molecule has 2 aliphatic rings. The summed E-state index contributed by atoms with van der Waals surface area (Å²) in [6.07, 6.45) is 1.53. The first-order valence-electron chi connectivity index (χ1n) is 10.9. The van der Waals surface area contributed by atoms with Gasteiger partial charge in [0, 0.05) is 29.2 Å². The average molecular weight is 515 g/mol. The van der Waals surface area contributed by atoms with Crippen molar-refractivity contribution >= 4 is 53.1 Å². The molecule has 1 aliphatic carbocycles. The fourth-order valence-electron chi connectivity index (χ4n) is 3.67. The van der Waals surface area contributed by atoms with Crippen molar-refractivity contribution in [3.05, 3.63) is 38.8 Å². The third-order valence-corrected chi connectivity index (χ3v) is 14.6. The normalized spacial score (nSPS) is 17.6. The zero-order valence-corrected chi connectivity index (χ0v) is 22.7. The maximum Gasteiger partial charge on any atom is 0.199 e. The van der Waals surface area contributed by atoms with Gasteiger partial charge in [0.2, 0.25) is 0 Å². The highest BCUT2D eigenvalue weighted by molar-refractivity contribution is 7.99. The first-order valence-corrected chi connectivity index (χ1v) is 16.8. The van der Waals surface area contributed by atoms with E-state index in [1.165, 1.54) is 0 Å². The lowest BCUT2D eigenvalue weighted by atomic mass is 9.91. The molecule has 0 atom stereocenters. The highest BCUT2D eigenvalue weighted by Gasteiger charge is 2.38. The van der Waals surface area contributed by atoms with Gasteiger partial charge in [0.05, 0.1) is 21.3 Å². The number of allylic oxidation sites excluding steroid dienone is 2. The van der Waals surface area contributed by atoms with Gasteiger partial charge in [-0.2, -0.15) is 0 Å². The van der Waals surface area contributed by atoms with Crippen LogP contribution >= 0.6 is 23.4 Å². The van der Waals surface area contributed by atoms with Crippen LogP contribution in [-0.2, 0) is 25.5 Å². The Bertz CT molecular complexity index is 1080. The molecular weight excluding hydrogens is 484 g/mol. The van der Waals surface area contributed by atoms with Crippen molar-refractivity contribution in [3.63, 3.8) is 0 Å². The Morgan fingerprint density at radius 1 is 1.19 bits per heavy atom. The molecule has 0 N–H and O–H groups in total. The number of ketones is 2. The Hall–Kier alpha value is -0.933. The predicted octanol–water partition coefficient (Wildman–Crippen LogP) is 5.61. The summed E-state index contributed by atoms with van der Waals surface area (Å²) in [7, 11) is -5.93. The van der Waals surface area contributed by atoms with Crippen molar-refractivity contribution in [2.45, 2.75) is 69.5 Å². The number of sulfone groups is 1. The van der Waals surface area contributed by atoms with E-state index < -0.39 is 29.7 Å². The second-order valence-electron chi connectivity index (χ2n) is 9.83. The molecule has 0 unspecified atom stereocenters. The molecule has 32 heavy (non-hydrogen) atoms. The van der Waals surface area contributed by atoms with Crippen molar-refractivity contribution < 1.29 is 22.4 Å². The monoisotopic (exact) mass is 514 g/mol. The first kappa shape index (κ1) is 25.7. The Kier molecular flexibility index (Phi) is 7.52. The van der Waals surface area contributed by atoms with E-state index in [-0.39, 0.29) is 46.3 Å². The number of Topliss-reactive ketones (excluding diaryl/α,β-unsaturated/α-hetero) is 2. The van der Waals surface area contributed by atoms with Crippen LogP contribution in [0.5, 0.6) is 0 Å². The summed E-state index contributed by atoms with van der Waals surface area (Å²) in [5, 5.41) is 0.294. The quantitative estimate of drug-likeness (QED) is 0.267. The number of fused-ring (bicyclic) bond motifs is 1. The lowest BCUT2D eigenvalue weighted by molar-refractivity contribution is -0.115. The highest BCUT2D eigenvalue weighted by Crippen LogP contribution is 2.40. The summed E-state index contributed by atoms with van der Waals surface area (Å²) in [6, 6.07) is 3.45. The van der Waals surface area contributed by atoms with Gasteiger partial charge >= 0.3 is 0 Å². The van der Waals surface area contributed by atoms with E-state index in [0.29, 0.717) is 11.4 Å². The van der Waals surface area contributed by atoms with Crippen LogP contribution in [0, 0.1) is 0 Å². The summed E-state index contributed by atoms with van der Waals surface area (Å²) in [5.41, 5.74) is 0.901. The maximum absolute atomic E-state index is 13.4.